The number of nitrogens with one attached hydrogen (secondary N) is 1. The summed E-state index contributed by atoms with van der Waals surface area (Å²) in [4.78, 5) is 14.9. The quantitative estimate of drug-likeness (QED) is 0.613. The van der Waals surface area contributed by atoms with Crippen molar-refractivity contribution in [2.24, 2.45) is 0 Å². The molecular weight excluding hydrogens is 406 g/mol. The highest BCUT2D eigenvalue weighted by atomic mass is 16.5. The van der Waals surface area contributed by atoms with Crippen LogP contribution in [0.25, 0.3) is 6.08 Å². The van der Waals surface area contributed by atoms with Gasteiger partial charge in [0.1, 0.15) is 17.3 Å². The van der Waals surface area contributed by atoms with Crippen molar-refractivity contribution in [3.8, 4) is 5.75 Å². The molecule has 3 heterocycles. The van der Waals surface area contributed by atoms with E-state index in [4.69, 9.17) is 9.15 Å². The molecule has 1 atom stereocenters. The molecule has 0 bridgehead atoms. The number of aromatic nitrogens is 3. The predicted molar refractivity (Wildman–Crippen MR) is 122 cm³/mol. The highest BCUT2D eigenvalue weighted by Gasteiger charge is 2.23. The van der Waals surface area contributed by atoms with Crippen LogP contribution in [0.2, 0.25) is 0 Å². The van der Waals surface area contributed by atoms with Crippen molar-refractivity contribution in [1.82, 2.24) is 25.0 Å². The minimum atomic E-state index is -0.250. The van der Waals surface area contributed by atoms with Gasteiger partial charge in [-0.15, -0.1) is 10.2 Å². The first-order chi connectivity index (χ1) is 15.5. The Morgan fingerprint density at radius 3 is 2.75 bits per heavy atom. The lowest BCUT2D eigenvalue weighted by Crippen LogP contribution is -2.30. The Hall–Kier alpha value is -3.39. The zero-order chi connectivity index (χ0) is 22.5. The minimum Gasteiger partial charge on any atom is -0.497 e. The first-order valence-corrected chi connectivity index (χ1v) is 10.8. The lowest BCUT2D eigenvalue weighted by atomic mass is 10.2. The van der Waals surface area contributed by atoms with Gasteiger partial charge in [0.2, 0.25) is 0 Å². The third kappa shape index (κ3) is 4.91. The first kappa shape index (κ1) is 21.8. The van der Waals surface area contributed by atoms with E-state index in [9.17, 15) is 4.79 Å². The summed E-state index contributed by atoms with van der Waals surface area (Å²) >= 11 is 0. The van der Waals surface area contributed by atoms with Crippen LogP contribution in [0.3, 0.4) is 0 Å². The molecule has 1 aliphatic rings. The predicted octanol–water partition coefficient (Wildman–Crippen LogP) is 3.25. The number of benzene rings is 1. The van der Waals surface area contributed by atoms with Crippen LogP contribution in [0, 0.1) is 6.92 Å². The third-order valence-corrected chi connectivity index (χ3v) is 5.78. The van der Waals surface area contributed by atoms with Crippen LogP contribution in [0.1, 0.15) is 46.3 Å². The molecule has 2 aromatic heterocycles. The molecule has 1 amide bonds. The molecule has 168 valence electrons. The Kier molecular flexibility index (Phi) is 6.70. The van der Waals surface area contributed by atoms with Crippen LogP contribution in [-0.2, 0) is 13.0 Å². The summed E-state index contributed by atoms with van der Waals surface area (Å²) in [6.45, 7) is 7.18. The van der Waals surface area contributed by atoms with Gasteiger partial charge in [-0.05, 0) is 37.6 Å². The third-order valence-electron chi connectivity index (χ3n) is 5.78. The summed E-state index contributed by atoms with van der Waals surface area (Å²) in [7, 11) is 1.67. The summed E-state index contributed by atoms with van der Waals surface area (Å²) < 4.78 is 12.6. The Labute approximate surface area is 187 Å². The van der Waals surface area contributed by atoms with Gasteiger partial charge in [0, 0.05) is 32.6 Å². The molecule has 1 aromatic carbocycles. The molecule has 1 N–H and O–H groups in total. The van der Waals surface area contributed by atoms with Crippen LogP contribution in [-0.4, -0.2) is 52.3 Å². The van der Waals surface area contributed by atoms with Gasteiger partial charge in [-0.3, -0.25) is 9.69 Å². The standard InChI is InChI=1S/C24H29N5O3/c1-17(25-24(30)21-11-16-32-18(21)2)23-27-26-22-10-13-28(14-15-29(22)23)12-4-5-19-6-8-20(31-3)9-7-19/h4-9,11,16-17H,10,12-15H2,1-3H3,(H,25,30)/b5-4+. The lowest BCUT2D eigenvalue weighted by molar-refractivity contribution is 0.0936. The molecule has 1 unspecified atom stereocenters. The van der Waals surface area contributed by atoms with E-state index >= 15 is 0 Å². The van der Waals surface area contributed by atoms with Gasteiger partial charge < -0.3 is 19.0 Å². The maximum Gasteiger partial charge on any atom is 0.255 e. The molecule has 3 aromatic rings. The summed E-state index contributed by atoms with van der Waals surface area (Å²) in [5, 5.41) is 11.8. The number of amides is 1. The van der Waals surface area contributed by atoms with Gasteiger partial charge in [0.15, 0.2) is 5.82 Å². The van der Waals surface area contributed by atoms with Crippen molar-refractivity contribution in [2.75, 3.05) is 26.7 Å². The monoisotopic (exact) mass is 435 g/mol. The largest absolute Gasteiger partial charge is 0.497 e. The van der Waals surface area contributed by atoms with Crippen LogP contribution in [0.5, 0.6) is 5.75 Å². The number of fused-ring (bicyclic) bond motifs is 1. The van der Waals surface area contributed by atoms with Gasteiger partial charge in [-0.25, -0.2) is 0 Å². The van der Waals surface area contributed by atoms with E-state index in [-0.39, 0.29) is 11.9 Å². The summed E-state index contributed by atoms with van der Waals surface area (Å²) in [6, 6.07) is 9.45. The molecule has 0 aliphatic carbocycles. The number of rotatable bonds is 7. The normalized spacial score (nSPS) is 15.3. The second-order valence-electron chi connectivity index (χ2n) is 7.94. The fourth-order valence-electron chi connectivity index (χ4n) is 3.90. The van der Waals surface area contributed by atoms with Crippen LogP contribution in [0.15, 0.2) is 47.1 Å². The van der Waals surface area contributed by atoms with Crippen molar-refractivity contribution in [2.45, 2.75) is 32.9 Å². The molecule has 8 nitrogen and oxygen atoms in total. The van der Waals surface area contributed by atoms with Crippen molar-refractivity contribution in [3.05, 3.63) is 71.2 Å². The SMILES string of the molecule is COc1ccc(/C=C/CN2CCc3nnc(C(C)NC(=O)c4ccoc4C)n3CC2)cc1. The Balaban J connectivity index is 1.35. The maximum absolute atomic E-state index is 12.5. The summed E-state index contributed by atoms with van der Waals surface area (Å²) in [5.41, 5.74) is 1.69. The fourth-order valence-corrected chi connectivity index (χ4v) is 3.90. The Morgan fingerprint density at radius 2 is 2.03 bits per heavy atom. The zero-order valence-electron chi connectivity index (χ0n) is 18.7. The average Bonchev–Trinajstić information content (AvgIpc) is 3.36. The smallest absolute Gasteiger partial charge is 0.255 e. The molecule has 0 radical (unpaired) electrons. The van der Waals surface area contributed by atoms with Gasteiger partial charge >= 0.3 is 0 Å². The van der Waals surface area contributed by atoms with Gasteiger partial charge in [0.05, 0.1) is 25.0 Å². The van der Waals surface area contributed by atoms with E-state index in [1.54, 1.807) is 20.1 Å². The topological polar surface area (TPSA) is 85.4 Å². The number of methoxy groups -OCH3 is 1. The highest BCUT2D eigenvalue weighted by molar-refractivity contribution is 5.95. The second-order valence-corrected chi connectivity index (χ2v) is 7.94. The number of hydrogen-bond donors (Lipinski definition) is 1. The number of nitrogens with zero attached hydrogens (tertiary/aromatic N) is 4. The molecule has 0 saturated heterocycles. The minimum absolute atomic E-state index is 0.167. The molecule has 32 heavy (non-hydrogen) atoms. The first-order valence-electron chi connectivity index (χ1n) is 10.8. The molecule has 0 fully saturated rings. The van der Waals surface area contributed by atoms with Gasteiger partial charge in [0.25, 0.3) is 5.91 Å². The fraction of sp³-hybridized carbons (Fsp3) is 0.375. The molecule has 8 heteroatoms. The van der Waals surface area contributed by atoms with E-state index in [1.807, 2.05) is 31.2 Å². The Bertz CT molecular complexity index is 1080. The van der Waals surface area contributed by atoms with E-state index < -0.39 is 0 Å². The summed E-state index contributed by atoms with van der Waals surface area (Å²) in [6.07, 6.45) is 6.66. The van der Waals surface area contributed by atoms with E-state index in [0.29, 0.717) is 11.3 Å². The number of carbonyl (C=O) groups is 1. The van der Waals surface area contributed by atoms with Crippen LogP contribution < -0.4 is 10.1 Å². The van der Waals surface area contributed by atoms with E-state index in [2.05, 4.69) is 37.1 Å². The van der Waals surface area contributed by atoms with Crippen molar-refractivity contribution in [3.63, 3.8) is 0 Å². The highest BCUT2D eigenvalue weighted by Crippen LogP contribution is 2.18. The Morgan fingerprint density at radius 1 is 1.22 bits per heavy atom. The van der Waals surface area contributed by atoms with E-state index in [1.165, 1.54) is 6.26 Å². The zero-order valence-corrected chi connectivity index (χ0v) is 18.7. The molecule has 0 saturated carbocycles. The average molecular weight is 436 g/mol. The van der Waals surface area contributed by atoms with Crippen LogP contribution in [0.4, 0.5) is 0 Å². The maximum atomic E-state index is 12.5. The summed E-state index contributed by atoms with van der Waals surface area (Å²) in [5.74, 6) is 3.04. The van der Waals surface area contributed by atoms with Crippen LogP contribution >= 0.6 is 0 Å². The number of carbonyl (C=O) groups excluding carboxylic acids is 1. The number of hydrogen-bond acceptors (Lipinski definition) is 6. The second kappa shape index (κ2) is 9.82. The molecule has 4 rings (SSSR count). The van der Waals surface area contributed by atoms with Gasteiger partial charge in [-0.1, -0.05) is 24.3 Å². The molecule has 0 spiro atoms. The number of ether oxygens (including phenoxy) is 1. The number of aryl methyl sites for hydroxylation is 1. The molecule has 1 aliphatic heterocycles. The molecular formula is C24H29N5O3. The van der Waals surface area contributed by atoms with E-state index in [0.717, 1.165) is 55.6 Å². The van der Waals surface area contributed by atoms with Crippen molar-refractivity contribution >= 4 is 12.0 Å². The lowest BCUT2D eigenvalue weighted by Gasteiger charge is -2.18. The number of furan rings is 1. The van der Waals surface area contributed by atoms with Gasteiger partial charge in [-0.2, -0.15) is 0 Å². The van der Waals surface area contributed by atoms with Crippen molar-refractivity contribution in [1.29, 1.82) is 0 Å². The van der Waals surface area contributed by atoms with Crippen molar-refractivity contribution < 1.29 is 13.9 Å².